The molecule has 206 valence electrons. The van der Waals surface area contributed by atoms with E-state index in [2.05, 4.69) is 0 Å². The van der Waals surface area contributed by atoms with Gasteiger partial charge in [0.05, 0.1) is 13.7 Å². The van der Waals surface area contributed by atoms with Gasteiger partial charge in [0.15, 0.2) is 11.4 Å². The van der Waals surface area contributed by atoms with Gasteiger partial charge in [-0.25, -0.2) is 9.59 Å². The number of rotatable bonds is 9. The maximum atomic E-state index is 13.4. The molecule has 0 saturated heterocycles. The number of aromatic carboxylic acids is 1. The number of carboxylic acid groups (broad SMARTS) is 1. The van der Waals surface area contributed by atoms with Crippen molar-refractivity contribution in [1.29, 1.82) is 0 Å². The standard InChI is InChI=1S/C29H28N4O7/c1-17(2)15-32-26-24(27(34)31(3)29(32)37)25(22-12-13-23(40-22)28(35)36)33(30-26)16-18-6-5-7-21(14-18)39-20-10-8-19(38-4)9-11-20/h5-14,17H,15-16H2,1-4H3,(H,35,36). The number of furan rings is 1. The van der Waals surface area contributed by atoms with E-state index < -0.39 is 17.2 Å². The van der Waals surface area contributed by atoms with Gasteiger partial charge in [0, 0.05) is 13.6 Å². The molecule has 0 radical (unpaired) electrons. The van der Waals surface area contributed by atoms with Crippen LogP contribution in [-0.4, -0.2) is 37.1 Å². The molecular weight excluding hydrogens is 516 g/mol. The van der Waals surface area contributed by atoms with Crippen LogP contribution in [-0.2, 0) is 20.1 Å². The molecule has 5 aromatic rings. The summed E-state index contributed by atoms with van der Waals surface area (Å²) in [4.78, 5) is 38.0. The second-order valence-corrected chi connectivity index (χ2v) is 9.75. The highest BCUT2D eigenvalue weighted by molar-refractivity contribution is 5.91. The predicted molar refractivity (Wildman–Crippen MR) is 147 cm³/mol. The number of carbonyl (C=O) groups is 1. The molecule has 0 amide bonds. The lowest BCUT2D eigenvalue weighted by Crippen LogP contribution is -2.38. The molecule has 0 fully saturated rings. The molecule has 1 N–H and O–H groups in total. The quantitative estimate of drug-likeness (QED) is 0.290. The molecule has 5 rings (SSSR count). The van der Waals surface area contributed by atoms with Gasteiger partial charge in [-0.15, -0.1) is 0 Å². The third kappa shape index (κ3) is 5.00. The zero-order valence-electron chi connectivity index (χ0n) is 22.5. The molecule has 2 aromatic carbocycles. The van der Waals surface area contributed by atoms with Gasteiger partial charge >= 0.3 is 11.7 Å². The van der Waals surface area contributed by atoms with Crippen molar-refractivity contribution in [3.05, 3.63) is 92.8 Å². The van der Waals surface area contributed by atoms with Crippen LogP contribution in [0.1, 0.15) is 30.0 Å². The molecule has 0 aliphatic carbocycles. The third-order valence-electron chi connectivity index (χ3n) is 6.35. The number of carboxylic acids is 1. The maximum absolute atomic E-state index is 13.4. The lowest BCUT2D eigenvalue weighted by molar-refractivity contribution is 0.0663. The Morgan fingerprint density at radius 2 is 1.75 bits per heavy atom. The second-order valence-electron chi connectivity index (χ2n) is 9.75. The van der Waals surface area contributed by atoms with Crippen molar-refractivity contribution in [3.8, 4) is 28.7 Å². The van der Waals surface area contributed by atoms with E-state index >= 15 is 0 Å². The van der Waals surface area contributed by atoms with Gasteiger partial charge < -0.3 is 19.0 Å². The monoisotopic (exact) mass is 544 g/mol. The Morgan fingerprint density at radius 3 is 2.40 bits per heavy atom. The summed E-state index contributed by atoms with van der Waals surface area (Å²) in [5.41, 5.74) is 0.242. The van der Waals surface area contributed by atoms with Gasteiger partial charge in [0.1, 0.15) is 28.3 Å². The molecule has 11 heteroatoms. The van der Waals surface area contributed by atoms with Crippen LogP contribution in [0.2, 0.25) is 0 Å². The van der Waals surface area contributed by atoms with E-state index in [0.29, 0.717) is 23.8 Å². The van der Waals surface area contributed by atoms with Crippen LogP contribution in [0.5, 0.6) is 17.2 Å². The van der Waals surface area contributed by atoms with Crippen LogP contribution in [0.4, 0.5) is 0 Å². The van der Waals surface area contributed by atoms with E-state index in [9.17, 15) is 19.5 Å². The van der Waals surface area contributed by atoms with E-state index in [1.807, 2.05) is 38.1 Å². The van der Waals surface area contributed by atoms with Gasteiger partial charge in [0.25, 0.3) is 5.56 Å². The normalized spacial score (nSPS) is 11.3. The zero-order chi connectivity index (χ0) is 28.6. The van der Waals surface area contributed by atoms with Gasteiger partial charge in [-0.3, -0.25) is 18.6 Å². The molecule has 11 nitrogen and oxygen atoms in total. The molecular formula is C29H28N4O7. The first-order valence-electron chi connectivity index (χ1n) is 12.6. The highest BCUT2D eigenvalue weighted by Gasteiger charge is 2.25. The predicted octanol–water partition coefficient (Wildman–Crippen LogP) is 4.36. The molecule has 0 saturated carbocycles. The lowest BCUT2D eigenvalue weighted by atomic mass is 10.2. The Kier molecular flexibility index (Phi) is 7.03. The largest absolute Gasteiger partial charge is 0.497 e. The van der Waals surface area contributed by atoms with Crippen molar-refractivity contribution in [2.75, 3.05) is 7.11 Å². The third-order valence-corrected chi connectivity index (χ3v) is 6.35. The molecule has 0 bridgehead atoms. The van der Waals surface area contributed by atoms with Gasteiger partial charge in [-0.05, 0) is 60.0 Å². The summed E-state index contributed by atoms with van der Waals surface area (Å²) in [6.07, 6.45) is 0. The minimum Gasteiger partial charge on any atom is -0.497 e. The fourth-order valence-electron chi connectivity index (χ4n) is 4.50. The molecule has 0 aliphatic rings. The van der Waals surface area contributed by atoms with Crippen molar-refractivity contribution in [3.63, 3.8) is 0 Å². The number of benzene rings is 2. The highest BCUT2D eigenvalue weighted by Crippen LogP contribution is 2.30. The van der Waals surface area contributed by atoms with Crippen LogP contribution in [0.3, 0.4) is 0 Å². The SMILES string of the molecule is COc1ccc(Oc2cccc(Cn3nc4c(c3-c3ccc(C(=O)O)o3)c(=O)n(C)c(=O)n4CC(C)C)c2)cc1. The van der Waals surface area contributed by atoms with Gasteiger partial charge in [-0.2, -0.15) is 5.10 Å². The number of hydrogen-bond acceptors (Lipinski definition) is 7. The van der Waals surface area contributed by atoms with Crippen molar-refractivity contribution < 1.29 is 23.8 Å². The van der Waals surface area contributed by atoms with Crippen molar-refractivity contribution in [2.24, 2.45) is 13.0 Å². The Bertz CT molecular complexity index is 1820. The maximum Gasteiger partial charge on any atom is 0.371 e. The number of methoxy groups -OCH3 is 1. The topological polar surface area (TPSA) is 131 Å². The highest BCUT2D eigenvalue weighted by atomic mass is 16.5. The lowest BCUT2D eigenvalue weighted by Gasteiger charge is -2.10. The molecule has 40 heavy (non-hydrogen) atoms. The molecule has 3 heterocycles. The minimum atomic E-state index is -1.24. The average molecular weight is 545 g/mol. The second kappa shape index (κ2) is 10.6. The minimum absolute atomic E-state index is 0.0982. The number of hydrogen-bond donors (Lipinski definition) is 1. The first-order chi connectivity index (χ1) is 19.2. The summed E-state index contributed by atoms with van der Waals surface area (Å²) in [6.45, 7) is 4.44. The Balaban J connectivity index is 1.64. The summed E-state index contributed by atoms with van der Waals surface area (Å²) in [5.74, 6) is 0.651. The number of aromatic nitrogens is 4. The number of ether oxygens (including phenoxy) is 2. The van der Waals surface area contributed by atoms with Crippen LogP contribution in [0.25, 0.3) is 22.5 Å². The van der Waals surface area contributed by atoms with E-state index in [4.69, 9.17) is 19.0 Å². The van der Waals surface area contributed by atoms with E-state index in [1.54, 1.807) is 36.1 Å². The van der Waals surface area contributed by atoms with Crippen LogP contribution >= 0.6 is 0 Å². The van der Waals surface area contributed by atoms with Crippen LogP contribution in [0, 0.1) is 5.92 Å². The zero-order valence-corrected chi connectivity index (χ0v) is 22.5. The Morgan fingerprint density at radius 1 is 1.02 bits per heavy atom. The summed E-state index contributed by atoms with van der Waals surface area (Å²) in [5, 5.41) is 14.3. The molecule has 0 aliphatic heterocycles. The first-order valence-corrected chi connectivity index (χ1v) is 12.6. The summed E-state index contributed by atoms with van der Waals surface area (Å²) in [7, 11) is 3.00. The van der Waals surface area contributed by atoms with Crippen molar-refractivity contribution in [2.45, 2.75) is 26.9 Å². The summed E-state index contributed by atoms with van der Waals surface area (Å²) < 4.78 is 20.9. The van der Waals surface area contributed by atoms with Crippen LogP contribution in [0.15, 0.2) is 74.7 Å². The average Bonchev–Trinajstić information content (AvgIpc) is 3.56. The van der Waals surface area contributed by atoms with Crippen molar-refractivity contribution in [1.82, 2.24) is 18.9 Å². The summed E-state index contributed by atoms with van der Waals surface area (Å²) in [6, 6.07) is 17.4. The number of nitrogens with zero attached hydrogens (tertiary/aromatic N) is 4. The fourth-order valence-corrected chi connectivity index (χ4v) is 4.50. The summed E-state index contributed by atoms with van der Waals surface area (Å²) >= 11 is 0. The number of fused-ring (bicyclic) bond motifs is 1. The van der Waals surface area contributed by atoms with Crippen molar-refractivity contribution >= 4 is 17.0 Å². The van der Waals surface area contributed by atoms with E-state index in [-0.39, 0.29) is 40.7 Å². The van der Waals surface area contributed by atoms with Gasteiger partial charge in [0.2, 0.25) is 5.76 Å². The van der Waals surface area contributed by atoms with E-state index in [0.717, 1.165) is 10.1 Å². The Hall–Kier alpha value is -5.06. The smallest absolute Gasteiger partial charge is 0.371 e. The van der Waals surface area contributed by atoms with Gasteiger partial charge in [-0.1, -0.05) is 26.0 Å². The molecule has 0 spiro atoms. The van der Waals surface area contributed by atoms with Crippen LogP contribution < -0.4 is 20.7 Å². The molecule has 3 aromatic heterocycles. The molecule has 0 atom stereocenters. The fraction of sp³-hybridized carbons (Fsp3) is 0.241. The Labute approximate surface area is 228 Å². The van der Waals surface area contributed by atoms with E-state index in [1.165, 1.54) is 23.7 Å². The molecule has 0 unspecified atom stereocenters. The first kappa shape index (κ1) is 26.5.